The highest BCUT2D eigenvalue weighted by atomic mass is 32.1. The normalized spacial score (nSPS) is 14.9. The van der Waals surface area contributed by atoms with Gasteiger partial charge in [0.05, 0.1) is 0 Å². The summed E-state index contributed by atoms with van der Waals surface area (Å²) in [5.41, 5.74) is 1.96. The first-order chi connectivity index (χ1) is 8.62. The molecule has 0 saturated carbocycles. The van der Waals surface area contributed by atoms with Crippen molar-refractivity contribution in [2.75, 3.05) is 6.54 Å². The van der Waals surface area contributed by atoms with Crippen molar-refractivity contribution in [2.24, 2.45) is 5.41 Å². The molecule has 0 aliphatic rings. The first-order valence-corrected chi connectivity index (χ1v) is 8.30. The fourth-order valence-electron chi connectivity index (χ4n) is 2.46. The highest BCUT2D eigenvalue weighted by molar-refractivity contribution is 7.07. The molecule has 1 atom stereocenters. The van der Waals surface area contributed by atoms with Crippen molar-refractivity contribution in [1.29, 1.82) is 0 Å². The maximum atomic E-state index is 3.66. The second kappa shape index (κ2) is 7.96. The van der Waals surface area contributed by atoms with Gasteiger partial charge in [-0.3, -0.25) is 0 Å². The first-order valence-electron chi connectivity index (χ1n) is 7.36. The molecule has 1 aromatic heterocycles. The smallest absolute Gasteiger partial charge is 0.00133 e. The average molecular weight is 267 g/mol. The van der Waals surface area contributed by atoms with Gasteiger partial charge in [0, 0.05) is 12.6 Å². The number of rotatable bonds is 9. The lowest BCUT2D eigenvalue weighted by molar-refractivity contribution is 0.223. The summed E-state index contributed by atoms with van der Waals surface area (Å²) < 4.78 is 0. The highest BCUT2D eigenvalue weighted by Gasteiger charge is 2.28. The van der Waals surface area contributed by atoms with Crippen LogP contribution in [0.1, 0.15) is 58.9 Å². The summed E-state index contributed by atoms with van der Waals surface area (Å²) in [7, 11) is 0. The minimum Gasteiger partial charge on any atom is -0.314 e. The molecule has 0 radical (unpaired) electrons. The van der Waals surface area contributed by atoms with Crippen molar-refractivity contribution in [3.05, 3.63) is 22.4 Å². The van der Waals surface area contributed by atoms with E-state index in [0.29, 0.717) is 11.5 Å². The molecule has 18 heavy (non-hydrogen) atoms. The number of unbranched alkanes of at least 4 members (excludes halogenated alkanes) is 1. The maximum absolute atomic E-state index is 3.66. The molecule has 1 nitrogen and oxygen atoms in total. The van der Waals surface area contributed by atoms with E-state index in [0.717, 1.165) is 6.54 Å². The van der Waals surface area contributed by atoms with E-state index in [2.05, 4.69) is 49.8 Å². The van der Waals surface area contributed by atoms with Gasteiger partial charge >= 0.3 is 0 Å². The van der Waals surface area contributed by atoms with Crippen LogP contribution in [0.2, 0.25) is 0 Å². The average Bonchev–Trinajstić information content (AvgIpc) is 2.85. The molecule has 0 saturated heterocycles. The van der Waals surface area contributed by atoms with Gasteiger partial charge in [0.25, 0.3) is 0 Å². The van der Waals surface area contributed by atoms with E-state index in [4.69, 9.17) is 0 Å². The Hall–Kier alpha value is -0.340. The van der Waals surface area contributed by atoms with Crippen LogP contribution >= 0.6 is 11.3 Å². The lowest BCUT2D eigenvalue weighted by Crippen LogP contribution is -2.38. The van der Waals surface area contributed by atoms with Gasteiger partial charge in [0.1, 0.15) is 0 Å². The molecular weight excluding hydrogens is 238 g/mol. The van der Waals surface area contributed by atoms with E-state index in [1.807, 2.05) is 11.3 Å². The zero-order valence-corrected chi connectivity index (χ0v) is 13.3. The van der Waals surface area contributed by atoms with Crippen molar-refractivity contribution in [3.8, 4) is 0 Å². The Morgan fingerprint density at radius 3 is 2.61 bits per heavy atom. The first kappa shape index (κ1) is 15.7. The number of thiophene rings is 1. The minimum absolute atomic E-state index is 0.446. The van der Waals surface area contributed by atoms with Crippen molar-refractivity contribution >= 4 is 11.3 Å². The molecule has 0 aromatic carbocycles. The zero-order chi connectivity index (χ0) is 13.4. The quantitative estimate of drug-likeness (QED) is 0.672. The summed E-state index contributed by atoms with van der Waals surface area (Å²) in [6, 6.07) is 2.87. The van der Waals surface area contributed by atoms with E-state index >= 15 is 0 Å². The van der Waals surface area contributed by atoms with Crippen molar-refractivity contribution < 1.29 is 0 Å². The van der Waals surface area contributed by atoms with Gasteiger partial charge in [-0.05, 0) is 47.1 Å². The SMILES string of the molecule is CCCCC(CC)(CNC(C)C)Cc1ccsc1. The molecule has 0 aliphatic heterocycles. The molecule has 1 N–H and O–H groups in total. The largest absolute Gasteiger partial charge is 0.314 e. The topological polar surface area (TPSA) is 12.0 Å². The number of nitrogens with one attached hydrogen (secondary N) is 1. The summed E-state index contributed by atoms with van der Waals surface area (Å²) in [6.45, 7) is 10.3. The monoisotopic (exact) mass is 267 g/mol. The Labute approximate surface area is 117 Å². The summed E-state index contributed by atoms with van der Waals surface area (Å²) in [6.07, 6.45) is 6.48. The molecular formula is C16H29NS. The standard InChI is InChI=1S/C16H29NS/c1-5-7-9-16(6-2,13-17-14(3)4)11-15-8-10-18-12-15/h8,10,12,14,17H,5-7,9,11,13H2,1-4H3. The van der Waals surface area contributed by atoms with Gasteiger partial charge in [0.2, 0.25) is 0 Å². The summed E-state index contributed by atoms with van der Waals surface area (Å²) >= 11 is 1.82. The van der Waals surface area contributed by atoms with Gasteiger partial charge in [-0.25, -0.2) is 0 Å². The third-order valence-corrected chi connectivity index (χ3v) is 4.59. The maximum Gasteiger partial charge on any atom is 0.00133 e. The molecule has 0 amide bonds. The molecule has 0 fully saturated rings. The predicted octanol–water partition coefficient (Wildman–Crippen LogP) is 4.88. The van der Waals surface area contributed by atoms with Gasteiger partial charge in [-0.15, -0.1) is 0 Å². The summed E-state index contributed by atoms with van der Waals surface area (Å²) in [5.74, 6) is 0. The van der Waals surface area contributed by atoms with Gasteiger partial charge in [-0.2, -0.15) is 11.3 Å². The van der Waals surface area contributed by atoms with Crippen LogP contribution in [0.3, 0.4) is 0 Å². The van der Waals surface area contributed by atoms with Gasteiger partial charge < -0.3 is 5.32 Å². The number of hydrogen-bond donors (Lipinski definition) is 1. The fourth-order valence-corrected chi connectivity index (χ4v) is 3.13. The Kier molecular flexibility index (Phi) is 6.95. The molecule has 2 heteroatoms. The van der Waals surface area contributed by atoms with Crippen LogP contribution in [-0.4, -0.2) is 12.6 Å². The minimum atomic E-state index is 0.446. The molecule has 0 aliphatic carbocycles. The Balaban J connectivity index is 2.69. The predicted molar refractivity (Wildman–Crippen MR) is 83.4 cm³/mol. The third kappa shape index (κ3) is 5.11. The molecule has 1 unspecified atom stereocenters. The Morgan fingerprint density at radius 2 is 2.11 bits per heavy atom. The fraction of sp³-hybridized carbons (Fsp3) is 0.750. The van der Waals surface area contributed by atoms with Crippen LogP contribution in [-0.2, 0) is 6.42 Å². The molecule has 1 aromatic rings. The molecule has 0 bridgehead atoms. The van der Waals surface area contributed by atoms with Crippen molar-refractivity contribution in [3.63, 3.8) is 0 Å². The van der Waals surface area contributed by atoms with Gasteiger partial charge in [0.15, 0.2) is 0 Å². The van der Waals surface area contributed by atoms with Crippen LogP contribution in [0.4, 0.5) is 0 Å². The number of hydrogen-bond acceptors (Lipinski definition) is 2. The van der Waals surface area contributed by atoms with Gasteiger partial charge in [-0.1, -0.05) is 40.5 Å². The van der Waals surface area contributed by atoms with Crippen LogP contribution < -0.4 is 5.32 Å². The third-order valence-electron chi connectivity index (χ3n) is 3.86. The van der Waals surface area contributed by atoms with E-state index in [1.54, 1.807) is 0 Å². The second-order valence-corrected chi connectivity index (χ2v) is 6.58. The van der Waals surface area contributed by atoms with E-state index in [-0.39, 0.29) is 0 Å². The summed E-state index contributed by atoms with van der Waals surface area (Å²) in [4.78, 5) is 0. The van der Waals surface area contributed by atoms with E-state index in [1.165, 1.54) is 37.7 Å². The Morgan fingerprint density at radius 1 is 1.33 bits per heavy atom. The van der Waals surface area contributed by atoms with Crippen molar-refractivity contribution in [1.82, 2.24) is 5.32 Å². The van der Waals surface area contributed by atoms with E-state index in [9.17, 15) is 0 Å². The highest BCUT2D eigenvalue weighted by Crippen LogP contribution is 2.33. The summed E-state index contributed by atoms with van der Waals surface area (Å²) in [5, 5.41) is 8.17. The van der Waals surface area contributed by atoms with Crippen LogP contribution in [0.15, 0.2) is 16.8 Å². The molecule has 1 rings (SSSR count). The molecule has 1 heterocycles. The van der Waals surface area contributed by atoms with Crippen LogP contribution in [0.5, 0.6) is 0 Å². The van der Waals surface area contributed by atoms with Crippen LogP contribution in [0, 0.1) is 5.41 Å². The second-order valence-electron chi connectivity index (χ2n) is 5.80. The lowest BCUT2D eigenvalue weighted by atomic mass is 9.75. The van der Waals surface area contributed by atoms with Crippen molar-refractivity contribution in [2.45, 2.75) is 65.8 Å². The van der Waals surface area contributed by atoms with E-state index < -0.39 is 0 Å². The molecule has 0 spiro atoms. The zero-order valence-electron chi connectivity index (χ0n) is 12.5. The lowest BCUT2D eigenvalue weighted by Gasteiger charge is -2.34. The van der Waals surface area contributed by atoms with Crippen LogP contribution in [0.25, 0.3) is 0 Å². The Bertz CT molecular complexity index is 305. The molecule has 104 valence electrons.